The third kappa shape index (κ3) is 4.76. The molecule has 0 saturated carbocycles. The smallest absolute Gasteiger partial charge is 0.407 e. The first-order valence-electron chi connectivity index (χ1n) is 10.6. The van der Waals surface area contributed by atoms with E-state index in [1.807, 2.05) is 42.5 Å². The van der Waals surface area contributed by atoms with Crippen LogP contribution in [0.1, 0.15) is 46.3 Å². The van der Waals surface area contributed by atoms with Gasteiger partial charge in [0.1, 0.15) is 6.61 Å². The Bertz CT molecular complexity index is 1140. The predicted molar refractivity (Wildman–Crippen MR) is 128 cm³/mol. The molecule has 1 aliphatic rings. The van der Waals surface area contributed by atoms with Crippen molar-refractivity contribution in [1.82, 2.24) is 5.32 Å². The van der Waals surface area contributed by atoms with Crippen LogP contribution in [0.3, 0.4) is 0 Å². The van der Waals surface area contributed by atoms with Crippen molar-refractivity contribution in [2.75, 3.05) is 13.2 Å². The normalized spacial score (nSPS) is 12.4. The van der Waals surface area contributed by atoms with Gasteiger partial charge in [0.05, 0.1) is 5.02 Å². The van der Waals surface area contributed by atoms with E-state index in [4.69, 9.17) is 16.3 Å². The van der Waals surface area contributed by atoms with E-state index in [1.165, 1.54) is 29.2 Å². The third-order valence-corrected chi connectivity index (χ3v) is 5.93. The summed E-state index contributed by atoms with van der Waals surface area (Å²) in [4.78, 5) is 23.8. The molecule has 0 saturated heterocycles. The van der Waals surface area contributed by atoms with Gasteiger partial charge in [0.25, 0.3) is 0 Å². The van der Waals surface area contributed by atoms with Gasteiger partial charge in [0, 0.05) is 18.0 Å². The highest BCUT2D eigenvalue weighted by molar-refractivity contribution is 6.33. The zero-order valence-electron chi connectivity index (χ0n) is 17.8. The Balaban J connectivity index is 1.27. The van der Waals surface area contributed by atoms with Crippen LogP contribution in [0.25, 0.3) is 17.2 Å². The van der Waals surface area contributed by atoms with E-state index < -0.39 is 6.09 Å². The number of halogens is 1. The summed E-state index contributed by atoms with van der Waals surface area (Å²) >= 11 is 6.04. The van der Waals surface area contributed by atoms with E-state index in [9.17, 15) is 9.59 Å². The Hall–Kier alpha value is -3.37. The molecule has 1 N–H and O–H groups in total. The SMILES string of the molecule is CC(=O)c1cc(C=CCCNC(=O)OCC2c3ccccc3-c3ccccc32)ccc1Cl. The van der Waals surface area contributed by atoms with Gasteiger partial charge in [-0.3, -0.25) is 4.79 Å². The van der Waals surface area contributed by atoms with Gasteiger partial charge in [0.15, 0.2) is 5.78 Å². The van der Waals surface area contributed by atoms with Crippen LogP contribution in [0.5, 0.6) is 0 Å². The van der Waals surface area contributed by atoms with Crippen molar-refractivity contribution >= 4 is 29.6 Å². The van der Waals surface area contributed by atoms with Gasteiger partial charge in [-0.2, -0.15) is 0 Å². The number of benzene rings is 3. The molecule has 0 spiro atoms. The maximum atomic E-state index is 12.2. The zero-order valence-corrected chi connectivity index (χ0v) is 18.6. The average Bonchev–Trinajstić information content (AvgIpc) is 3.12. The predicted octanol–water partition coefficient (Wildman–Crippen LogP) is 6.48. The highest BCUT2D eigenvalue weighted by Crippen LogP contribution is 2.44. The lowest BCUT2D eigenvalue weighted by atomic mass is 9.98. The van der Waals surface area contributed by atoms with Crippen LogP contribution in [0.15, 0.2) is 72.8 Å². The van der Waals surface area contributed by atoms with Crippen molar-refractivity contribution in [3.05, 3.63) is 100 Å². The van der Waals surface area contributed by atoms with Crippen molar-refractivity contribution in [2.24, 2.45) is 0 Å². The number of nitrogens with one attached hydrogen (secondary N) is 1. The Morgan fingerprint density at radius 3 is 2.31 bits per heavy atom. The molecule has 3 aromatic rings. The van der Waals surface area contributed by atoms with Crippen LogP contribution >= 0.6 is 11.6 Å². The summed E-state index contributed by atoms with van der Waals surface area (Å²) in [5.74, 6) is -0.0180. The Kier molecular flexibility index (Phi) is 6.72. The van der Waals surface area contributed by atoms with Gasteiger partial charge in [-0.15, -0.1) is 0 Å². The van der Waals surface area contributed by atoms with Crippen LogP contribution in [-0.4, -0.2) is 25.0 Å². The largest absolute Gasteiger partial charge is 0.449 e. The number of hydrogen-bond acceptors (Lipinski definition) is 3. The highest BCUT2D eigenvalue weighted by Gasteiger charge is 2.28. The maximum absolute atomic E-state index is 12.2. The fourth-order valence-electron chi connectivity index (χ4n) is 4.04. The Morgan fingerprint density at radius 2 is 1.66 bits per heavy atom. The minimum Gasteiger partial charge on any atom is -0.449 e. The molecule has 1 amide bonds. The number of ether oxygens (including phenoxy) is 1. The second-order valence-electron chi connectivity index (χ2n) is 7.74. The van der Waals surface area contributed by atoms with Crippen LogP contribution in [0, 0.1) is 0 Å². The number of carbonyl (C=O) groups is 2. The van der Waals surface area contributed by atoms with Crippen molar-refractivity contribution in [2.45, 2.75) is 19.3 Å². The minimum absolute atomic E-state index is 0.0495. The molecular formula is C27H24ClNO3. The van der Waals surface area contributed by atoms with Crippen molar-refractivity contribution in [3.63, 3.8) is 0 Å². The molecule has 4 rings (SSSR count). The number of amides is 1. The second-order valence-corrected chi connectivity index (χ2v) is 8.15. The Morgan fingerprint density at radius 1 is 1.00 bits per heavy atom. The molecule has 0 bridgehead atoms. The summed E-state index contributed by atoms with van der Waals surface area (Å²) in [5, 5.41) is 3.24. The minimum atomic E-state index is -0.425. The molecule has 4 nitrogen and oxygen atoms in total. The lowest BCUT2D eigenvalue weighted by Crippen LogP contribution is -2.26. The lowest BCUT2D eigenvalue weighted by Gasteiger charge is -2.14. The summed E-state index contributed by atoms with van der Waals surface area (Å²) in [7, 11) is 0. The highest BCUT2D eigenvalue weighted by atomic mass is 35.5. The molecule has 3 aromatic carbocycles. The number of hydrogen-bond donors (Lipinski definition) is 1. The molecule has 0 fully saturated rings. The van der Waals surface area contributed by atoms with Gasteiger partial charge >= 0.3 is 6.09 Å². The summed E-state index contributed by atoms with van der Waals surface area (Å²) in [5.41, 5.74) is 6.19. The molecule has 0 aromatic heterocycles. The van der Waals surface area contributed by atoms with E-state index in [1.54, 1.807) is 12.1 Å². The van der Waals surface area contributed by atoms with E-state index in [-0.39, 0.29) is 11.7 Å². The number of carbonyl (C=O) groups excluding carboxylic acids is 2. The van der Waals surface area contributed by atoms with Gasteiger partial charge < -0.3 is 10.1 Å². The van der Waals surface area contributed by atoms with E-state index in [0.717, 1.165) is 5.56 Å². The van der Waals surface area contributed by atoms with Gasteiger partial charge in [0.2, 0.25) is 0 Å². The van der Waals surface area contributed by atoms with E-state index >= 15 is 0 Å². The fourth-order valence-corrected chi connectivity index (χ4v) is 4.29. The second kappa shape index (κ2) is 9.84. The number of alkyl carbamates (subject to hydrolysis) is 1. The van der Waals surface area contributed by atoms with Crippen molar-refractivity contribution in [1.29, 1.82) is 0 Å². The summed E-state index contributed by atoms with van der Waals surface area (Å²) in [6, 6.07) is 21.8. The monoisotopic (exact) mass is 445 g/mol. The van der Waals surface area contributed by atoms with Gasteiger partial charge in [-0.25, -0.2) is 4.79 Å². The van der Waals surface area contributed by atoms with Crippen LogP contribution in [0.4, 0.5) is 4.79 Å². The molecule has 0 aliphatic heterocycles. The summed E-state index contributed by atoms with van der Waals surface area (Å²) in [6.45, 7) is 2.25. The Labute approximate surface area is 192 Å². The molecule has 0 heterocycles. The summed E-state index contributed by atoms with van der Waals surface area (Å²) < 4.78 is 5.53. The zero-order chi connectivity index (χ0) is 22.5. The first-order chi connectivity index (χ1) is 15.5. The third-order valence-electron chi connectivity index (χ3n) is 5.60. The topological polar surface area (TPSA) is 55.4 Å². The number of Topliss-reactive ketones (excluding diaryl/α,β-unsaturated/α-hetero) is 1. The molecule has 32 heavy (non-hydrogen) atoms. The van der Waals surface area contributed by atoms with Gasteiger partial charge in [-0.1, -0.05) is 78.4 Å². The standard InChI is InChI=1S/C27H24ClNO3/c1-18(30)24-16-19(13-14-26(24)28)8-6-7-15-29-27(31)32-17-25-22-11-4-2-9-20(22)21-10-3-5-12-23(21)25/h2-6,8-14,16,25H,7,15,17H2,1H3,(H,29,31). The average molecular weight is 446 g/mol. The number of rotatable bonds is 7. The lowest BCUT2D eigenvalue weighted by molar-refractivity contribution is 0.101. The molecule has 0 atom stereocenters. The first kappa shape index (κ1) is 21.8. The van der Waals surface area contributed by atoms with Crippen LogP contribution in [-0.2, 0) is 4.74 Å². The molecule has 162 valence electrons. The van der Waals surface area contributed by atoms with Crippen molar-refractivity contribution < 1.29 is 14.3 Å². The molecular weight excluding hydrogens is 422 g/mol. The van der Waals surface area contributed by atoms with E-state index in [2.05, 4.69) is 29.6 Å². The van der Waals surface area contributed by atoms with Crippen LogP contribution in [0.2, 0.25) is 5.02 Å². The molecule has 0 radical (unpaired) electrons. The van der Waals surface area contributed by atoms with E-state index in [0.29, 0.717) is 30.2 Å². The maximum Gasteiger partial charge on any atom is 0.407 e. The summed E-state index contributed by atoms with van der Waals surface area (Å²) in [6.07, 6.45) is 4.06. The number of fused-ring (bicyclic) bond motifs is 3. The molecule has 1 aliphatic carbocycles. The van der Waals surface area contributed by atoms with Gasteiger partial charge in [-0.05, 0) is 53.3 Å². The molecule has 0 unspecified atom stereocenters. The molecule has 5 heteroatoms. The first-order valence-corrected chi connectivity index (χ1v) is 11.0. The fraction of sp³-hybridized carbons (Fsp3) is 0.185. The van der Waals surface area contributed by atoms with Crippen molar-refractivity contribution in [3.8, 4) is 11.1 Å². The van der Waals surface area contributed by atoms with Crippen LogP contribution < -0.4 is 5.32 Å². The quantitative estimate of drug-likeness (QED) is 0.334. The number of ketones is 1.